The van der Waals surface area contributed by atoms with Crippen molar-refractivity contribution in [1.82, 2.24) is 5.32 Å². The van der Waals surface area contributed by atoms with Crippen LogP contribution in [-0.2, 0) is 4.74 Å². The minimum atomic E-state index is -0.466. The normalized spacial score (nSPS) is 15.8. The van der Waals surface area contributed by atoms with Gasteiger partial charge in [0.15, 0.2) is 0 Å². The molecule has 0 aromatic carbocycles. The average Bonchev–Trinajstić information content (AvgIpc) is 1.98. The number of hydrogen-bond donors (Lipinski definition) is 2. The van der Waals surface area contributed by atoms with Gasteiger partial charge in [0.25, 0.3) is 0 Å². The molecular formula is C12H26N2O2. The molecule has 0 rings (SSSR count). The molecule has 3 N–H and O–H groups in total. The van der Waals surface area contributed by atoms with Gasteiger partial charge in [-0.05, 0) is 40.0 Å². The van der Waals surface area contributed by atoms with Gasteiger partial charge in [-0.1, -0.05) is 13.8 Å². The van der Waals surface area contributed by atoms with Crippen LogP contribution in [0.1, 0.15) is 48.0 Å². The summed E-state index contributed by atoms with van der Waals surface area (Å²) >= 11 is 0. The summed E-state index contributed by atoms with van der Waals surface area (Å²) in [5.41, 5.74) is 5.49. The number of amides is 1. The van der Waals surface area contributed by atoms with Gasteiger partial charge in [-0.3, -0.25) is 0 Å². The van der Waals surface area contributed by atoms with Crippen LogP contribution in [0.25, 0.3) is 0 Å². The first-order chi connectivity index (χ1) is 7.11. The van der Waals surface area contributed by atoms with Gasteiger partial charge in [-0.25, -0.2) is 4.79 Å². The van der Waals surface area contributed by atoms with Crippen molar-refractivity contribution < 1.29 is 9.53 Å². The number of carbonyl (C=O) groups excluding carboxylic acids is 1. The summed E-state index contributed by atoms with van der Waals surface area (Å²) in [5.74, 6) is 0.526. The van der Waals surface area contributed by atoms with Gasteiger partial charge in [0, 0.05) is 12.1 Å². The van der Waals surface area contributed by atoms with Crippen LogP contribution < -0.4 is 11.1 Å². The Bertz CT molecular complexity index is 222. The average molecular weight is 230 g/mol. The molecule has 0 saturated carbocycles. The summed E-state index contributed by atoms with van der Waals surface area (Å²) in [6, 6.07) is -0.107. The lowest BCUT2D eigenvalue weighted by atomic mass is 9.99. The number of nitrogens with one attached hydrogen (secondary N) is 1. The van der Waals surface area contributed by atoms with E-state index in [0.717, 1.165) is 6.42 Å². The summed E-state index contributed by atoms with van der Waals surface area (Å²) < 4.78 is 5.16. The summed E-state index contributed by atoms with van der Waals surface area (Å²) in [7, 11) is 0. The molecule has 0 saturated heterocycles. The first-order valence-corrected chi connectivity index (χ1v) is 5.87. The molecule has 1 amide bonds. The van der Waals surface area contributed by atoms with Gasteiger partial charge in [0.05, 0.1) is 0 Å². The van der Waals surface area contributed by atoms with Crippen LogP contribution in [0.2, 0.25) is 0 Å². The predicted molar refractivity (Wildman–Crippen MR) is 66.3 cm³/mol. The molecule has 0 radical (unpaired) electrons. The molecule has 16 heavy (non-hydrogen) atoms. The third-order valence-electron chi connectivity index (χ3n) is 2.13. The highest BCUT2D eigenvalue weighted by molar-refractivity contribution is 5.68. The van der Waals surface area contributed by atoms with Crippen LogP contribution in [0, 0.1) is 5.92 Å². The molecular weight excluding hydrogens is 204 g/mol. The Hall–Kier alpha value is -0.770. The second kappa shape index (κ2) is 6.09. The molecule has 96 valence electrons. The van der Waals surface area contributed by atoms with Gasteiger partial charge in [0.2, 0.25) is 0 Å². The second-order valence-corrected chi connectivity index (χ2v) is 5.73. The highest BCUT2D eigenvalue weighted by Crippen LogP contribution is 2.09. The number of rotatable bonds is 4. The van der Waals surface area contributed by atoms with Crippen molar-refractivity contribution in [3.05, 3.63) is 0 Å². The fourth-order valence-corrected chi connectivity index (χ4v) is 1.35. The zero-order valence-corrected chi connectivity index (χ0v) is 11.3. The van der Waals surface area contributed by atoms with E-state index in [0.29, 0.717) is 5.92 Å². The van der Waals surface area contributed by atoms with Crippen molar-refractivity contribution in [3.63, 3.8) is 0 Å². The maximum absolute atomic E-state index is 11.5. The third kappa shape index (κ3) is 7.51. The minimum absolute atomic E-state index is 0.0347. The molecule has 0 bridgehead atoms. The highest BCUT2D eigenvalue weighted by atomic mass is 16.6. The number of alkyl carbamates (subject to hydrolysis) is 1. The van der Waals surface area contributed by atoms with E-state index in [-0.39, 0.29) is 12.1 Å². The highest BCUT2D eigenvalue weighted by Gasteiger charge is 2.20. The van der Waals surface area contributed by atoms with Crippen molar-refractivity contribution >= 4 is 6.09 Å². The van der Waals surface area contributed by atoms with Crippen LogP contribution in [0.4, 0.5) is 4.79 Å². The largest absolute Gasteiger partial charge is 0.444 e. The summed E-state index contributed by atoms with van der Waals surface area (Å²) in [6.07, 6.45) is 0.482. The van der Waals surface area contributed by atoms with E-state index in [4.69, 9.17) is 10.5 Å². The monoisotopic (exact) mass is 230 g/mol. The molecule has 0 heterocycles. The number of nitrogens with two attached hydrogens (primary N) is 1. The van der Waals surface area contributed by atoms with Gasteiger partial charge < -0.3 is 15.8 Å². The van der Waals surface area contributed by atoms with Crippen molar-refractivity contribution in [2.24, 2.45) is 11.7 Å². The Labute approximate surface area is 98.9 Å². The maximum Gasteiger partial charge on any atom is 0.407 e. The Morgan fingerprint density at radius 3 is 2.19 bits per heavy atom. The Morgan fingerprint density at radius 2 is 1.81 bits per heavy atom. The third-order valence-corrected chi connectivity index (χ3v) is 2.13. The van der Waals surface area contributed by atoms with Crippen LogP contribution in [0.15, 0.2) is 0 Å². The lowest BCUT2D eigenvalue weighted by Crippen LogP contribution is -2.47. The van der Waals surface area contributed by atoms with E-state index in [2.05, 4.69) is 19.2 Å². The van der Waals surface area contributed by atoms with Crippen molar-refractivity contribution in [1.29, 1.82) is 0 Å². The topological polar surface area (TPSA) is 64.3 Å². The first kappa shape index (κ1) is 15.2. The number of hydrogen-bond acceptors (Lipinski definition) is 3. The van der Waals surface area contributed by atoms with E-state index in [9.17, 15) is 4.79 Å². The standard InChI is InChI=1S/C12H26N2O2/c1-8(2)7-10(13)9(3)14-11(15)16-12(4,5)6/h8-10H,7,13H2,1-6H3,(H,14,15)/t9-,10+/m0/s1. The van der Waals surface area contributed by atoms with Crippen LogP contribution in [0.5, 0.6) is 0 Å². The fourth-order valence-electron chi connectivity index (χ4n) is 1.35. The Morgan fingerprint density at radius 1 is 1.31 bits per heavy atom. The smallest absolute Gasteiger partial charge is 0.407 e. The van der Waals surface area contributed by atoms with Crippen molar-refractivity contribution in [2.75, 3.05) is 0 Å². The molecule has 0 unspecified atom stereocenters. The van der Waals surface area contributed by atoms with E-state index in [1.807, 2.05) is 27.7 Å². The fraction of sp³-hybridized carbons (Fsp3) is 0.917. The van der Waals surface area contributed by atoms with E-state index >= 15 is 0 Å². The molecule has 0 spiro atoms. The van der Waals surface area contributed by atoms with Crippen molar-refractivity contribution in [2.45, 2.75) is 65.6 Å². The summed E-state index contributed by atoms with van der Waals surface area (Å²) in [4.78, 5) is 11.5. The lowest BCUT2D eigenvalue weighted by Gasteiger charge is -2.25. The van der Waals surface area contributed by atoms with E-state index in [1.54, 1.807) is 0 Å². The number of ether oxygens (including phenoxy) is 1. The van der Waals surface area contributed by atoms with Gasteiger partial charge >= 0.3 is 6.09 Å². The first-order valence-electron chi connectivity index (χ1n) is 5.87. The van der Waals surface area contributed by atoms with Crippen LogP contribution in [0.3, 0.4) is 0 Å². The molecule has 0 aliphatic carbocycles. The number of carbonyl (C=O) groups is 1. The van der Waals surface area contributed by atoms with Crippen LogP contribution in [-0.4, -0.2) is 23.8 Å². The van der Waals surface area contributed by atoms with Crippen LogP contribution >= 0.6 is 0 Å². The SMILES string of the molecule is CC(C)C[C@@H](N)[C@H](C)NC(=O)OC(C)(C)C. The predicted octanol–water partition coefficient (Wildman–Crippen LogP) is 2.27. The molecule has 0 aromatic rings. The zero-order chi connectivity index (χ0) is 12.9. The van der Waals surface area contributed by atoms with Gasteiger partial charge in [0.1, 0.15) is 5.60 Å². The van der Waals surface area contributed by atoms with Crippen molar-refractivity contribution in [3.8, 4) is 0 Å². The molecule has 2 atom stereocenters. The van der Waals surface area contributed by atoms with Gasteiger partial charge in [-0.15, -0.1) is 0 Å². The van der Waals surface area contributed by atoms with E-state index in [1.165, 1.54) is 0 Å². The molecule has 0 fully saturated rings. The second-order valence-electron chi connectivity index (χ2n) is 5.73. The minimum Gasteiger partial charge on any atom is -0.444 e. The Kier molecular flexibility index (Phi) is 5.79. The maximum atomic E-state index is 11.5. The Balaban J connectivity index is 4.04. The zero-order valence-electron chi connectivity index (χ0n) is 11.3. The quantitative estimate of drug-likeness (QED) is 0.778. The summed E-state index contributed by atoms with van der Waals surface area (Å²) in [6.45, 7) is 11.6. The molecule has 4 nitrogen and oxygen atoms in total. The summed E-state index contributed by atoms with van der Waals surface area (Å²) in [5, 5.41) is 2.76. The molecule has 0 aliphatic heterocycles. The molecule has 0 aromatic heterocycles. The lowest BCUT2D eigenvalue weighted by molar-refractivity contribution is 0.0499. The molecule has 0 aliphatic rings. The van der Waals surface area contributed by atoms with Gasteiger partial charge in [-0.2, -0.15) is 0 Å². The molecule has 4 heteroatoms. The van der Waals surface area contributed by atoms with E-state index < -0.39 is 11.7 Å².